The van der Waals surface area contributed by atoms with Crippen LogP contribution in [0.4, 0.5) is 0 Å². The molecule has 15 heavy (non-hydrogen) atoms. The molecule has 0 amide bonds. The normalized spacial score (nSPS) is 10.9. The molecule has 0 aliphatic rings. The van der Waals surface area contributed by atoms with E-state index in [1.54, 1.807) is 0 Å². The summed E-state index contributed by atoms with van der Waals surface area (Å²) in [6, 6.07) is 2.12. The first-order valence-electron chi connectivity index (χ1n) is 4.81. The minimum absolute atomic E-state index is 0.785. The van der Waals surface area contributed by atoms with Crippen molar-refractivity contribution in [3.63, 3.8) is 0 Å². The summed E-state index contributed by atoms with van der Waals surface area (Å²) in [6.07, 6.45) is 1.89. The molecule has 2 aromatic rings. The third-order valence-corrected chi connectivity index (χ3v) is 3.46. The smallest absolute Gasteiger partial charge is 0.209 e. The van der Waals surface area contributed by atoms with Crippen LogP contribution in [0.25, 0.3) is 5.13 Å². The van der Waals surface area contributed by atoms with E-state index < -0.39 is 0 Å². The molecule has 0 aliphatic carbocycles. The van der Waals surface area contributed by atoms with E-state index in [0.717, 1.165) is 27.6 Å². The highest BCUT2D eigenvalue weighted by atomic mass is 79.9. The highest BCUT2D eigenvalue weighted by Crippen LogP contribution is 2.21. The first-order valence-corrected chi connectivity index (χ1v) is 6.42. The molecule has 0 fully saturated rings. The topological polar surface area (TPSA) is 43.6 Å². The van der Waals surface area contributed by atoms with Gasteiger partial charge >= 0.3 is 0 Å². The van der Waals surface area contributed by atoms with Crippen LogP contribution in [0.1, 0.15) is 25.2 Å². The van der Waals surface area contributed by atoms with Gasteiger partial charge in [0.25, 0.3) is 0 Å². The third-order valence-electron chi connectivity index (χ3n) is 2.13. The zero-order chi connectivity index (χ0) is 10.8. The summed E-state index contributed by atoms with van der Waals surface area (Å²) in [5.74, 6) is 0. The molecule has 6 heteroatoms. The van der Waals surface area contributed by atoms with Gasteiger partial charge in [0, 0.05) is 5.69 Å². The number of hydrogen-bond donors (Lipinski definition) is 0. The molecule has 0 saturated carbocycles. The van der Waals surface area contributed by atoms with Gasteiger partial charge in [-0.05, 0) is 34.8 Å². The van der Waals surface area contributed by atoms with Crippen molar-refractivity contribution in [3.05, 3.63) is 21.4 Å². The Balaban J connectivity index is 2.46. The van der Waals surface area contributed by atoms with Crippen LogP contribution in [0.5, 0.6) is 0 Å². The maximum Gasteiger partial charge on any atom is 0.233 e. The van der Waals surface area contributed by atoms with Crippen molar-refractivity contribution in [2.24, 2.45) is 0 Å². The van der Waals surface area contributed by atoms with Crippen LogP contribution in [0.2, 0.25) is 0 Å². The second-order valence-electron chi connectivity index (χ2n) is 3.08. The summed E-state index contributed by atoms with van der Waals surface area (Å²) >= 11 is 4.79. The molecule has 0 N–H and O–H groups in total. The average Bonchev–Trinajstić information content (AvgIpc) is 2.82. The highest BCUT2D eigenvalue weighted by molar-refractivity contribution is 9.11. The van der Waals surface area contributed by atoms with Crippen LogP contribution < -0.4 is 0 Å². The molecule has 80 valence electrons. The van der Waals surface area contributed by atoms with Gasteiger partial charge in [-0.25, -0.2) is 4.68 Å². The number of rotatable bonds is 3. The van der Waals surface area contributed by atoms with Crippen molar-refractivity contribution in [3.8, 4) is 5.13 Å². The summed E-state index contributed by atoms with van der Waals surface area (Å²) in [4.78, 5) is 0. The van der Waals surface area contributed by atoms with Gasteiger partial charge in [0.1, 0.15) is 0 Å². The molecule has 0 aliphatic heterocycles. The van der Waals surface area contributed by atoms with E-state index in [1.165, 1.54) is 17.0 Å². The van der Waals surface area contributed by atoms with Gasteiger partial charge in [0.2, 0.25) is 5.13 Å². The summed E-state index contributed by atoms with van der Waals surface area (Å²) < 4.78 is 2.66. The summed E-state index contributed by atoms with van der Waals surface area (Å²) in [6.45, 7) is 4.21. The lowest BCUT2D eigenvalue weighted by molar-refractivity contribution is 0.775. The molecule has 0 spiro atoms. The van der Waals surface area contributed by atoms with E-state index in [4.69, 9.17) is 0 Å². The van der Waals surface area contributed by atoms with Gasteiger partial charge in [0.15, 0.2) is 3.92 Å². The molecule has 0 bridgehead atoms. The zero-order valence-corrected chi connectivity index (χ0v) is 11.0. The maximum atomic E-state index is 4.49. The number of nitrogens with zero attached hydrogens (tertiary/aromatic N) is 4. The van der Waals surface area contributed by atoms with E-state index >= 15 is 0 Å². The Labute approximate surface area is 100 Å². The van der Waals surface area contributed by atoms with E-state index in [9.17, 15) is 0 Å². The average molecular weight is 287 g/mol. The Bertz CT molecular complexity index is 462. The molecule has 0 saturated heterocycles. The van der Waals surface area contributed by atoms with Crippen molar-refractivity contribution in [1.29, 1.82) is 0 Å². The lowest BCUT2D eigenvalue weighted by atomic mass is 10.3. The number of halogens is 1. The molecular formula is C9H11BrN4S. The molecule has 2 rings (SSSR count). The van der Waals surface area contributed by atoms with Crippen LogP contribution in [0, 0.1) is 0 Å². The third kappa shape index (κ3) is 2.10. The van der Waals surface area contributed by atoms with Crippen molar-refractivity contribution in [2.75, 3.05) is 0 Å². The van der Waals surface area contributed by atoms with E-state index in [-0.39, 0.29) is 0 Å². The van der Waals surface area contributed by atoms with Crippen LogP contribution in [-0.2, 0) is 12.8 Å². The molecule has 0 atom stereocenters. The Hall–Kier alpha value is -0.750. The standard InChI is InChI=1S/C9H11BrN4S/c1-3-6-5-7(4-2)14(13-6)9-12-11-8(10)15-9/h5H,3-4H2,1-2H3. The van der Waals surface area contributed by atoms with Crippen LogP contribution in [-0.4, -0.2) is 20.0 Å². The Morgan fingerprint density at radius 3 is 2.67 bits per heavy atom. The van der Waals surface area contributed by atoms with Crippen molar-refractivity contribution in [2.45, 2.75) is 26.7 Å². The second kappa shape index (κ2) is 4.40. The molecule has 0 radical (unpaired) electrons. The lowest BCUT2D eigenvalue weighted by Crippen LogP contribution is -2.00. The second-order valence-corrected chi connectivity index (χ2v) is 5.32. The highest BCUT2D eigenvalue weighted by Gasteiger charge is 2.10. The summed E-state index contributed by atoms with van der Waals surface area (Å²) in [5.41, 5.74) is 2.27. The summed E-state index contributed by atoms with van der Waals surface area (Å²) in [5, 5.41) is 13.3. The van der Waals surface area contributed by atoms with E-state index in [0.29, 0.717) is 0 Å². The Morgan fingerprint density at radius 1 is 1.33 bits per heavy atom. The molecular weight excluding hydrogens is 276 g/mol. The number of aryl methyl sites for hydroxylation is 2. The Kier molecular flexibility index (Phi) is 3.16. The van der Waals surface area contributed by atoms with Crippen molar-refractivity contribution in [1.82, 2.24) is 20.0 Å². The van der Waals surface area contributed by atoms with E-state index in [2.05, 4.69) is 51.1 Å². The van der Waals surface area contributed by atoms with Crippen LogP contribution in [0.3, 0.4) is 0 Å². The van der Waals surface area contributed by atoms with Gasteiger partial charge in [-0.1, -0.05) is 25.2 Å². The van der Waals surface area contributed by atoms with Crippen molar-refractivity contribution < 1.29 is 0 Å². The van der Waals surface area contributed by atoms with Gasteiger partial charge in [-0.15, -0.1) is 10.2 Å². The van der Waals surface area contributed by atoms with Gasteiger partial charge in [0.05, 0.1) is 5.69 Å². The van der Waals surface area contributed by atoms with Gasteiger partial charge < -0.3 is 0 Å². The first kappa shape index (κ1) is 10.8. The molecule has 2 heterocycles. The van der Waals surface area contributed by atoms with Crippen LogP contribution >= 0.6 is 27.3 Å². The fraction of sp³-hybridized carbons (Fsp3) is 0.444. The summed E-state index contributed by atoms with van der Waals surface area (Å²) in [7, 11) is 0. The molecule has 0 aromatic carbocycles. The number of aromatic nitrogens is 4. The Morgan fingerprint density at radius 2 is 2.13 bits per heavy atom. The quantitative estimate of drug-likeness (QED) is 0.871. The first-order chi connectivity index (χ1) is 7.24. The predicted molar refractivity (Wildman–Crippen MR) is 63.5 cm³/mol. The molecule has 2 aromatic heterocycles. The van der Waals surface area contributed by atoms with Gasteiger partial charge in [-0.3, -0.25) is 0 Å². The minimum Gasteiger partial charge on any atom is -0.209 e. The maximum absolute atomic E-state index is 4.49. The fourth-order valence-electron chi connectivity index (χ4n) is 1.35. The van der Waals surface area contributed by atoms with E-state index in [1.807, 2.05) is 4.68 Å². The SMILES string of the molecule is CCc1cc(CC)n(-c2nnc(Br)s2)n1. The molecule has 0 unspecified atom stereocenters. The largest absolute Gasteiger partial charge is 0.233 e. The molecule has 4 nitrogen and oxygen atoms in total. The van der Waals surface area contributed by atoms with Crippen molar-refractivity contribution >= 4 is 27.3 Å². The van der Waals surface area contributed by atoms with Gasteiger partial charge in [-0.2, -0.15) is 5.10 Å². The fourth-order valence-corrected chi connectivity index (χ4v) is 2.42. The minimum atomic E-state index is 0.785. The lowest BCUT2D eigenvalue weighted by Gasteiger charge is -1.98. The monoisotopic (exact) mass is 286 g/mol. The predicted octanol–water partition coefficient (Wildman–Crippen LogP) is 2.61. The zero-order valence-electron chi connectivity index (χ0n) is 8.57. The number of hydrogen-bond acceptors (Lipinski definition) is 4. The van der Waals surface area contributed by atoms with Crippen LogP contribution in [0.15, 0.2) is 9.98 Å².